The van der Waals surface area contributed by atoms with Gasteiger partial charge in [-0.2, -0.15) is 0 Å². The van der Waals surface area contributed by atoms with Gasteiger partial charge in [-0.3, -0.25) is 0 Å². The Morgan fingerprint density at radius 3 is 2.63 bits per heavy atom. The number of amides is 2. The summed E-state index contributed by atoms with van der Waals surface area (Å²) in [4.78, 5) is 16.3. The number of carbonyl (C=O) groups is 1. The molecule has 7 heteroatoms. The number of hydrogen-bond acceptors (Lipinski definition) is 3. The van der Waals surface area contributed by atoms with Crippen LogP contribution in [0.4, 0.5) is 25.0 Å². The fourth-order valence-electron chi connectivity index (χ4n) is 2.37. The number of urea groups is 1. The summed E-state index contributed by atoms with van der Waals surface area (Å²) in [5.74, 6) is -0.818. The van der Waals surface area contributed by atoms with Crippen molar-refractivity contribution < 1.29 is 18.3 Å². The molecule has 27 heavy (non-hydrogen) atoms. The van der Waals surface area contributed by atoms with Crippen molar-refractivity contribution in [2.75, 3.05) is 10.6 Å². The number of aromatic nitrogens is 1. The maximum absolute atomic E-state index is 13.7. The van der Waals surface area contributed by atoms with Crippen LogP contribution in [0.25, 0.3) is 0 Å². The van der Waals surface area contributed by atoms with Gasteiger partial charge in [-0.25, -0.2) is 18.6 Å². The van der Waals surface area contributed by atoms with Gasteiger partial charge in [0.25, 0.3) is 0 Å². The predicted octanol–water partition coefficient (Wildman–Crippen LogP) is 5.36. The minimum absolute atomic E-state index is 0.143. The maximum Gasteiger partial charge on any atom is 0.323 e. The van der Waals surface area contributed by atoms with Gasteiger partial charge in [-0.05, 0) is 48.4 Å². The number of nitrogens with zero attached hydrogens (tertiary/aromatic N) is 1. The summed E-state index contributed by atoms with van der Waals surface area (Å²) < 4.78 is 32.4. The van der Waals surface area contributed by atoms with Gasteiger partial charge in [0.2, 0.25) is 5.88 Å². The van der Waals surface area contributed by atoms with E-state index in [1.54, 1.807) is 18.2 Å². The third kappa shape index (κ3) is 4.78. The van der Waals surface area contributed by atoms with E-state index < -0.39 is 17.7 Å². The zero-order valence-corrected chi connectivity index (χ0v) is 14.5. The number of aryl methyl sites for hydroxylation is 1. The van der Waals surface area contributed by atoms with Gasteiger partial charge >= 0.3 is 6.03 Å². The standard InChI is InChI=1S/C20H17F2N3O2/c1-2-13-5-3-6-15(11-13)27-19-18(7-4-10-23-19)25-20(26)24-17-9-8-14(21)12-16(17)22/h3-12H,2H2,1H3,(H2,24,25,26). The number of carbonyl (C=O) groups excluding carboxylic acids is 1. The number of pyridine rings is 1. The third-order valence-corrected chi connectivity index (χ3v) is 3.72. The molecule has 0 aliphatic carbocycles. The summed E-state index contributed by atoms with van der Waals surface area (Å²) in [6, 6.07) is 12.9. The number of ether oxygens (including phenoxy) is 1. The molecule has 2 aromatic carbocycles. The number of nitrogens with one attached hydrogen (secondary N) is 2. The maximum atomic E-state index is 13.7. The molecule has 0 spiro atoms. The molecule has 0 radical (unpaired) electrons. The van der Waals surface area contributed by atoms with Crippen molar-refractivity contribution in [1.82, 2.24) is 4.98 Å². The monoisotopic (exact) mass is 369 g/mol. The Morgan fingerprint density at radius 2 is 1.85 bits per heavy atom. The van der Waals surface area contributed by atoms with Gasteiger partial charge in [0, 0.05) is 12.3 Å². The van der Waals surface area contributed by atoms with E-state index in [2.05, 4.69) is 15.6 Å². The molecule has 0 saturated carbocycles. The molecule has 3 aromatic rings. The van der Waals surface area contributed by atoms with E-state index in [1.165, 1.54) is 6.20 Å². The minimum Gasteiger partial charge on any atom is -0.437 e. The molecule has 138 valence electrons. The summed E-state index contributed by atoms with van der Waals surface area (Å²) in [5.41, 5.74) is 1.26. The van der Waals surface area contributed by atoms with Crippen molar-refractivity contribution in [3.63, 3.8) is 0 Å². The van der Waals surface area contributed by atoms with E-state index in [0.29, 0.717) is 17.5 Å². The number of benzene rings is 2. The SMILES string of the molecule is CCc1cccc(Oc2ncccc2NC(=O)Nc2ccc(F)cc2F)c1. The Hall–Kier alpha value is -3.48. The van der Waals surface area contributed by atoms with Gasteiger partial charge in [-0.1, -0.05) is 19.1 Å². The third-order valence-electron chi connectivity index (χ3n) is 3.72. The van der Waals surface area contributed by atoms with Gasteiger partial charge in [0.1, 0.15) is 23.1 Å². The van der Waals surface area contributed by atoms with Crippen molar-refractivity contribution in [3.05, 3.63) is 78.0 Å². The highest BCUT2D eigenvalue weighted by atomic mass is 19.1. The molecule has 3 rings (SSSR count). The molecule has 0 unspecified atom stereocenters. The summed E-state index contributed by atoms with van der Waals surface area (Å²) >= 11 is 0. The summed E-state index contributed by atoms with van der Waals surface area (Å²) in [7, 11) is 0. The number of hydrogen-bond donors (Lipinski definition) is 2. The molecule has 0 aliphatic rings. The summed E-state index contributed by atoms with van der Waals surface area (Å²) in [6.45, 7) is 2.03. The van der Waals surface area contributed by atoms with Gasteiger partial charge in [0.05, 0.1) is 5.69 Å². The normalized spacial score (nSPS) is 10.3. The van der Waals surface area contributed by atoms with E-state index in [0.717, 1.165) is 24.1 Å². The van der Waals surface area contributed by atoms with Crippen LogP contribution in [0.3, 0.4) is 0 Å². The van der Waals surface area contributed by atoms with Gasteiger partial charge < -0.3 is 15.4 Å². The highest BCUT2D eigenvalue weighted by molar-refractivity contribution is 6.00. The molecule has 1 heterocycles. The van der Waals surface area contributed by atoms with E-state index in [9.17, 15) is 13.6 Å². The van der Waals surface area contributed by atoms with Crippen LogP contribution in [0.1, 0.15) is 12.5 Å². The highest BCUT2D eigenvalue weighted by Gasteiger charge is 2.12. The average Bonchev–Trinajstić information content (AvgIpc) is 2.66. The molecule has 0 atom stereocenters. The number of anilines is 2. The number of halogens is 2. The highest BCUT2D eigenvalue weighted by Crippen LogP contribution is 2.27. The van der Waals surface area contributed by atoms with Crippen LogP contribution in [0.5, 0.6) is 11.6 Å². The molecular formula is C20H17F2N3O2. The Bertz CT molecular complexity index is 963. The van der Waals surface area contributed by atoms with Crippen LogP contribution in [-0.2, 0) is 6.42 Å². The van der Waals surface area contributed by atoms with Crippen molar-refractivity contribution in [2.45, 2.75) is 13.3 Å². The molecule has 0 aliphatic heterocycles. The van der Waals surface area contributed by atoms with Crippen molar-refractivity contribution in [3.8, 4) is 11.6 Å². The zero-order valence-electron chi connectivity index (χ0n) is 14.5. The van der Waals surface area contributed by atoms with Crippen LogP contribution < -0.4 is 15.4 Å². The van der Waals surface area contributed by atoms with E-state index >= 15 is 0 Å². The molecule has 0 bridgehead atoms. The van der Waals surface area contributed by atoms with Crippen molar-refractivity contribution in [2.24, 2.45) is 0 Å². The van der Waals surface area contributed by atoms with Crippen molar-refractivity contribution in [1.29, 1.82) is 0 Å². The van der Waals surface area contributed by atoms with Crippen LogP contribution in [-0.4, -0.2) is 11.0 Å². The van der Waals surface area contributed by atoms with E-state index in [-0.39, 0.29) is 11.6 Å². The van der Waals surface area contributed by atoms with Crippen LogP contribution in [0.2, 0.25) is 0 Å². The lowest BCUT2D eigenvalue weighted by Crippen LogP contribution is -2.20. The second-order valence-corrected chi connectivity index (χ2v) is 5.66. The van der Waals surface area contributed by atoms with Gasteiger partial charge in [0.15, 0.2) is 0 Å². The fraction of sp³-hybridized carbons (Fsp3) is 0.100. The second kappa shape index (κ2) is 8.27. The zero-order chi connectivity index (χ0) is 19.2. The van der Waals surface area contributed by atoms with Crippen LogP contribution in [0, 0.1) is 11.6 Å². The first-order valence-electron chi connectivity index (χ1n) is 8.30. The van der Waals surface area contributed by atoms with Crippen LogP contribution in [0.15, 0.2) is 60.8 Å². The average molecular weight is 369 g/mol. The Kier molecular flexibility index (Phi) is 5.61. The van der Waals surface area contributed by atoms with E-state index in [4.69, 9.17) is 4.74 Å². The van der Waals surface area contributed by atoms with E-state index in [1.807, 2.05) is 25.1 Å². The fourth-order valence-corrected chi connectivity index (χ4v) is 2.37. The smallest absolute Gasteiger partial charge is 0.323 e. The van der Waals surface area contributed by atoms with Crippen LogP contribution >= 0.6 is 0 Å². The molecule has 0 saturated heterocycles. The first-order chi connectivity index (χ1) is 13.0. The molecule has 1 aromatic heterocycles. The molecule has 0 fully saturated rings. The lowest BCUT2D eigenvalue weighted by molar-refractivity contribution is 0.262. The summed E-state index contributed by atoms with van der Waals surface area (Å²) in [6.07, 6.45) is 2.39. The Balaban J connectivity index is 1.74. The molecule has 5 nitrogen and oxygen atoms in total. The first kappa shape index (κ1) is 18.3. The Labute approximate surface area is 155 Å². The topological polar surface area (TPSA) is 63.2 Å². The molecule has 2 amide bonds. The molecule has 2 N–H and O–H groups in total. The predicted molar refractivity (Wildman–Crippen MR) is 99.1 cm³/mol. The van der Waals surface area contributed by atoms with Gasteiger partial charge in [-0.15, -0.1) is 0 Å². The lowest BCUT2D eigenvalue weighted by Gasteiger charge is -2.12. The lowest BCUT2D eigenvalue weighted by atomic mass is 10.2. The largest absolute Gasteiger partial charge is 0.437 e. The Morgan fingerprint density at radius 1 is 1.04 bits per heavy atom. The quantitative estimate of drug-likeness (QED) is 0.636. The number of rotatable bonds is 5. The second-order valence-electron chi connectivity index (χ2n) is 5.66. The summed E-state index contributed by atoms with van der Waals surface area (Å²) in [5, 5.41) is 4.87. The molecular weight excluding hydrogens is 352 g/mol. The minimum atomic E-state index is -0.871. The van der Waals surface area contributed by atoms with Crippen molar-refractivity contribution >= 4 is 17.4 Å². The first-order valence-corrected chi connectivity index (χ1v) is 8.30.